The van der Waals surface area contributed by atoms with Crippen molar-refractivity contribution in [3.05, 3.63) is 71.9 Å². The molecule has 1 aliphatic carbocycles. The van der Waals surface area contributed by atoms with Gasteiger partial charge >= 0.3 is 0 Å². The summed E-state index contributed by atoms with van der Waals surface area (Å²) in [6.07, 6.45) is 5.78. The largest absolute Gasteiger partial charge is 0.348 e. The average Bonchev–Trinajstić information content (AvgIpc) is 3.07. The number of aromatic nitrogens is 2. The van der Waals surface area contributed by atoms with E-state index in [1.54, 1.807) is 0 Å². The smallest absolute Gasteiger partial charge is 0.272 e. The molecule has 1 aliphatic rings. The lowest BCUT2D eigenvalue weighted by Gasteiger charge is -2.22. The fraction of sp³-hybridized carbons (Fsp3) is 0.304. The SMILES string of the molecule is Cc1c(C(=O)NC2CCCCC2)nn(-c2ccccc2)c1-c1ccccc1. The van der Waals surface area contributed by atoms with Crippen LogP contribution in [0.2, 0.25) is 0 Å². The van der Waals surface area contributed by atoms with Gasteiger partial charge in [-0.1, -0.05) is 67.8 Å². The van der Waals surface area contributed by atoms with Gasteiger partial charge in [0.15, 0.2) is 5.69 Å². The molecule has 1 heterocycles. The highest BCUT2D eigenvalue weighted by Crippen LogP contribution is 2.29. The Bertz CT molecular complexity index is 910. The lowest BCUT2D eigenvalue weighted by Crippen LogP contribution is -2.36. The number of carbonyl (C=O) groups excluding carboxylic acids is 1. The molecule has 1 fully saturated rings. The normalized spacial score (nSPS) is 14.9. The summed E-state index contributed by atoms with van der Waals surface area (Å²) < 4.78 is 1.89. The minimum atomic E-state index is -0.0636. The molecule has 3 aromatic rings. The predicted molar refractivity (Wildman–Crippen MR) is 108 cm³/mol. The molecule has 1 aromatic heterocycles. The van der Waals surface area contributed by atoms with Crippen LogP contribution in [0.15, 0.2) is 60.7 Å². The number of nitrogens with one attached hydrogen (secondary N) is 1. The number of rotatable bonds is 4. The number of hydrogen-bond acceptors (Lipinski definition) is 2. The zero-order valence-corrected chi connectivity index (χ0v) is 15.7. The standard InChI is InChI=1S/C23H25N3O/c1-17-21(23(27)24-19-13-7-3-8-14-19)25-26(20-15-9-4-10-16-20)22(17)18-11-5-2-6-12-18/h2,4-6,9-12,15-16,19H,3,7-8,13-14H2,1H3,(H,24,27). The summed E-state index contributed by atoms with van der Waals surface area (Å²) in [5, 5.41) is 7.93. The quantitative estimate of drug-likeness (QED) is 0.719. The van der Waals surface area contributed by atoms with E-state index in [9.17, 15) is 4.79 Å². The molecule has 27 heavy (non-hydrogen) atoms. The fourth-order valence-electron chi connectivity index (χ4n) is 3.90. The van der Waals surface area contributed by atoms with Crippen molar-refractivity contribution >= 4 is 5.91 Å². The molecule has 4 heteroatoms. The molecule has 0 spiro atoms. The van der Waals surface area contributed by atoms with E-state index in [0.29, 0.717) is 5.69 Å². The zero-order chi connectivity index (χ0) is 18.6. The van der Waals surface area contributed by atoms with Crippen molar-refractivity contribution in [3.63, 3.8) is 0 Å². The first-order valence-corrected chi connectivity index (χ1v) is 9.75. The summed E-state index contributed by atoms with van der Waals surface area (Å²) in [7, 11) is 0. The van der Waals surface area contributed by atoms with Gasteiger partial charge in [0.1, 0.15) is 0 Å². The molecule has 4 rings (SSSR count). The van der Waals surface area contributed by atoms with E-state index in [4.69, 9.17) is 5.10 Å². The van der Waals surface area contributed by atoms with E-state index in [1.807, 2.05) is 60.1 Å². The number of hydrogen-bond donors (Lipinski definition) is 1. The molecule has 2 aromatic carbocycles. The number of carbonyl (C=O) groups is 1. The summed E-state index contributed by atoms with van der Waals surface area (Å²) in [6.45, 7) is 1.99. The van der Waals surface area contributed by atoms with Gasteiger partial charge in [0.25, 0.3) is 5.91 Å². The van der Waals surface area contributed by atoms with Crippen molar-refractivity contribution in [1.82, 2.24) is 15.1 Å². The molecular formula is C23H25N3O. The second kappa shape index (κ2) is 7.78. The van der Waals surface area contributed by atoms with Gasteiger partial charge < -0.3 is 5.32 Å². The molecule has 0 atom stereocenters. The number of benzene rings is 2. The van der Waals surface area contributed by atoms with Gasteiger partial charge in [-0.25, -0.2) is 4.68 Å². The maximum Gasteiger partial charge on any atom is 0.272 e. The van der Waals surface area contributed by atoms with Gasteiger partial charge in [0, 0.05) is 17.2 Å². The van der Waals surface area contributed by atoms with E-state index in [0.717, 1.165) is 35.3 Å². The Morgan fingerprint density at radius 2 is 1.59 bits per heavy atom. The summed E-state index contributed by atoms with van der Waals surface area (Å²) in [4.78, 5) is 13.0. The zero-order valence-electron chi connectivity index (χ0n) is 15.7. The topological polar surface area (TPSA) is 46.9 Å². The van der Waals surface area contributed by atoms with Crippen LogP contribution in [0.25, 0.3) is 16.9 Å². The molecule has 0 unspecified atom stereocenters. The average molecular weight is 359 g/mol. The highest BCUT2D eigenvalue weighted by Gasteiger charge is 2.24. The van der Waals surface area contributed by atoms with E-state index in [1.165, 1.54) is 19.3 Å². The monoisotopic (exact) mass is 359 g/mol. The third-order valence-corrected chi connectivity index (χ3v) is 5.33. The van der Waals surface area contributed by atoms with Crippen molar-refractivity contribution in [2.45, 2.75) is 45.1 Å². The molecule has 138 valence electrons. The van der Waals surface area contributed by atoms with Crippen LogP contribution in [0, 0.1) is 6.92 Å². The lowest BCUT2D eigenvalue weighted by atomic mass is 9.95. The van der Waals surface area contributed by atoms with Crippen molar-refractivity contribution in [1.29, 1.82) is 0 Å². The van der Waals surface area contributed by atoms with Crippen molar-refractivity contribution in [3.8, 4) is 16.9 Å². The highest BCUT2D eigenvalue weighted by atomic mass is 16.2. The molecule has 0 bridgehead atoms. The van der Waals surface area contributed by atoms with Gasteiger partial charge in [-0.05, 0) is 31.9 Å². The van der Waals surface area contributed by atoms with E-state index in [-0.39, 0.29) is 11.9 Å². The molecule has 0 radical (unpaired) electrons. The Labute approximate surface area is 160 Å². The van der Waals surface area contributed by atoms with E-state index in [2.05, 4.69) is 17.4 Å². The van der Waals surface area contributed by atoms with Crippen LogP contribution in [-0.2, 0) is 0 Å². The number of para-hydroxylation sites is 1. The predicted octanol–water partition coefficient (Wildman–Crippen LogP) is 4.91. The molecule has 0 aliphatic heterocycles. The number of amides is 1. The van der Waals surface area contributed by atoms with E-state index < -0.39 is 0 Å². The molecule has 1 N–H and O–H groups in total. The van der Waals surface area contributed by atoms with Gasteiger partial charge in [-0.2, -0.15) is 5.10 Å². The maximum atomic E-state index is 13.0. The Kier molecular flexibility index (Phi) is 5.05. The molecule has 1 saturated carbocycles. The summed E-state index contributed by atoms with van der Waals surface area (Å²) >= 11 is 0. The van der Waals surface area contributed by atoms with Gasteiger partial charge in [-0.15, -0.1) is 0 Å². The molecule has 0 saturated heterocycles. The van der Waals surface area contributed by atoms with Crippen LogP contribution in [0.4, 0.5) is 0 Å². The van der Waals surface area contributed by atoms with Crippen LogP contribution in [-0.4, -0.2) is 21.7 Å². The van der Waals surface area contributed by atoms with Crippen molar-refractivity contribution in [2.24, 2.45) is 0 Å². The Hall–Kier alpha value is -2.88. The Morgan fingerprint density at radius 1 is 0.963 bits per heavy atom. The maximum absolute atomic E-state index is 13.0. The van der Waals surface area contributed by atoms with E-state index >= 15 is 0 Å². The van der Waals surface area contributed by atoms with Crippen LogP contribution in [0.5, 0.6) is 0 Å². The van der Waals surface area contributed by atoms with Crippen LogP contribution >= 0.6 is 0 Å². The second-order valence-electron chi connectivity index (χ2n) is 7.24. The summed E-state index contributed by atoms with van der Waals surface area (Å²) in [6, 6.07) is 20.4. The van der Waals surface area contributed by atoms with Gasteiger partial charge in [0.2, 0.25) is 0 Å². The van der Waals surface area contributed by atoms with Gasteiger partial charge in [-0.3, -0.25) is 4.79 Å². The lowest BCUT2D eigenvalue weighted by molar-refractivity contribution is 0.0921. The van der Waals surface area contributed by atoms with Crippen molar-refractivity contribution < 1.29 is 4.79 Å². The Balaban J connectivity index is 1.75. The first-order chi connectivity index (χ1) is 13.2. The third kappa shape index (κ3) is 3.65. The molecular weight excluding hydrogens is 334 g/mol. The minimum Gasteiger partial charge on any atom is -0.348 e. The summed E-state index contributed by atoms with van der Waals surface area (Å²) in [5.41, 5.74) is 4.41. The van der Waals surface area contributed by atoms with Gasteiger partial charge in [0.05, 0.1) is 11.4 Å². The number of nitrogens with zero attached hydrogens (tertiary/aromatic N) is 2. The Morgan fingerprint density at radius 3 is 2.26 bits per heavy atom. The molecule has 1 amide bonds. The first-order valence-electron chi connectivity index (χ1n) is 9.75. The van der Waals surface area contributed by atoms with Crippen molar-refractivity contribution in [2.75, 3.05) is 0 Å². The highest BCUT2D eigenvalue weighted by molar-refractivity contribution is 5.95. The van der Waals surface area contributed by atoms with Crippen LogP contribution in [0.3, 0.4) is 0 Å². The summed E-state index contributed by atoms with van der Waals surface area (Å²) in [5.74, 6) is -0.0636. The minimum absolute atomic E-state index is 0.0636. The third-order valence-electron chi connectivity index (χ3n) is 5.33. The van der Waals surface area contributed by atoms with Crippen LogP contribution in [0.1, 0.15) is 48.2 Å². The van der Waals surface area contributed by atoms with Crippen LogP contribution < -0.4 is 5.32 Å². The second-order valence-corrected chi connectivity index (χ2v) is 7.24. The fourth-order valence-corrected chi connectivity index (χ4v) is 3.90. The molecule has 4 nitrogen and oxygen atoms in total. The first kappa shape index (κ1) is 17.5.